The predicted octanol–water partition coefficient (Wildman–Crippen LogP) is 3.13. The summed E-state index contributed by atoms with van der Waals surface area (Å²) in [7, 11) is 0. The van der Waals surface area contributed by atoms with Crippen LogP contribution in [0.2, 0.25) is 0 Å². The molecule has 0 heterocycles. The third-order valence-corrected chi connectivity index (χ3v) is 5.93. The van der Waals surface area contributed by atoms with E-state index in [1.54, 1.807) is 0 Å². The molecule has 1 nitrogen and oxygen atoms in total. The first kappa shape index (κ1) is 13.4. The van der Waals surface area contributed by atoms with E-state index in [-0.39, 0.29) is 15.0 Å². The molecule has 0 saturated heterocycles. The zero-order valence-corrected chi connectivity index (χ0v) is 13.8. The average molecular weight is 387 g/mol. The van der Waals surface area contributed by atoms with Crippen LogP contribution in [-0.2, 0) is 0 Å². The molecule has 0 fully saturated rings. The van der Waals surface area contributed by atoms with Crippen molar-refractivity contribution >= 4 is 50.6 Å². The molecule has 20 heavy (non-hydrogen) atoms. The van der Waals surface area contributed by atoms with Crippen LogP contribution < -0.4 is 8.92 Å². The molecule has 0 bridgehead atoms. The second kappa shape index (κ2) is 5.81. The Labute approximate surface area is 132 Å². The summed E-state index contributed by atoms with van der Waals surface area (Å²) in [6.45, 7) is 0. The van der Waals surface area contributed by atoms with Gasteiger partial charge in [0, 0.05) is 0 Å². The molecule has 0 saturated carbocycles. The Morgan fingerprint density at radius 3 is 2.30 bits per heavy atom. The fraction of sp³-hybridized carbons (Fsp3) is 0. The number of fused-ring (bicyclic) bond motifs is 1. The fourth-order valence-corrected chi connectivity index (χ4v) is 5.07. The van der Waals surface area contributed by atoms with Gasteiger partial charge in [-0.1, -0.05) is 0 Å². The quantitative estimate of drug-likeness (QED) is 0.620. The Kier molecular flexibility index (Phi) is 3.89. The van der Waals surface area contributed by atoms with Gasteiger partial charge in [-0.15, -0.1) is 0 Å². The summed E-state index contributed by atoms with van der Waals surface area (Å²) in [6, 6.07) is 22.7. The van der Waals surface area contributed by atoms with E-state index in [4.69, 9.17) is 5.26 Å². The van der Waals surface area contributed by atoms with Crippen LogP contribution in [0.25, 0.3) is 10.8 Å². The number of nitriles is 1. The van der Waals surface area contributed by atoms with Crippen LogP contribution in [-0.4, -0.2) is 15.0 Å². The van der Waals surface area contributed by atoms with Crippen molar-refractivity contribution < 1.29 is 0 Å². The number of rotatable bonds is 2. The molecule has 0 aliphatic heterocycles. The van der Waals surface area contributed by atoms with E-state index in [0.29, 0.717) is 5.56 Å². The predicted molar refractivity (Wildman–Crippen MR) is 87.8 cm³/mol. The van der Waals surface area contributed by atoms with Gasteiger partial charge in [0.25, 0.3) is 0 Å². The zero-order chi connectivity index (χ0) is 13.9. The molecule has 0 aliphatic rings. The first-order chi connectivity index (χ1) is 9.78. The molecule has 0 N–H and O–H groups in total. The van der Waals surface area contributed by atoms with E-state index >= 15 is 0 Å². The first-order valence-corrected chi connectivity index (χ1v) is 8.64. The zero-order valence-electron chi connectivity index (χ0n) is 10.5. The maximum atomic E-state index is 8.84. The Bertz CT molecular complexity index is 798. The number of nitrogens with zero attached hydrogens (tertiary/aromatic N) is 1. The molecule has 3 rings (SSSR count). The van der Waals surface area contributed by atoms with Crippen LogP contribution in [0.15, 0.2) is 65.1 Å². The van der Waals surface area contributed by atoms with E-state index in [2.05, 4.69) is 58.4 Å². The Balaban J connectivity index is 2.04. The van der Waals surface area contributed by atoms with E-state index < -0.39 is 0 Å². The van der Waals surface area contributed by atoms with Gasteiger partial charge in [-0.25, -0.2) is 0 Å². The summed E-state index contributed by atoms with van der Waals surface area (Å²) in [5.74, 6) is 0. The number of hydrogen-bond donors (Lipinski definition) is 0. The van der Waals surface area contributed by atoms with Crippen molar-refractivity contribution in [3.8, 4) is 6.07 Å². The van der Waals surface area contributed by atoms with Crippen LogP contribution in [0.3, 0.4) is 0 Å². The Morgan fingerprint density at radius 2 is 1.60 bits per heavy atom. The molecular formula is C17H10BrNSe. The van der Waals surface area contributed by atoms with Crippen molar-refractivity contribution in [2.24, 2.45) is 0 Å². The van der Waals surface area contributed by atoms with Gasteiger partial charge in [-0.2, -0.15) is 0 Å². The molecule has 0 spiro atoms. The molecule has 3 aromatic carbocycles. The van der Waals surface area contributed by atoms with Crippen LogP contribution >= 0.6 is 15.9 Å². The maximum absolute atomic E-state index is 8.84. The van der Waals surface area contributed by atoms with Crippen LogP contribution in [0.5, 0.6) is 0 Å². The molecule has 0 unspecified atom stereocenters. The van der Waals surface area contributed by atoms with E-state index in [1.807, 2.05) is 24.3 Å². The van der Waals surface area contributed by atoms with Gasteiger partial charge in [0.05, 0.1) is 0 Å². The number of hydrogen-bond acceptors (Lipinski definition) is 1. The number of halogens is 1. The van der Waals surface area contributed by atoms with E-state index in [0.717, 1.165) is 4.47 Å². The average Bonchev–Trinajstić information content (AvgIpc) is 2.48. The molecule has 96 valence electrons. The van der Waals surface area contributed by atoms with Gasteiger partial charge in [0.2, 0.25) is 0 Å². The third-order valence-electron chi connectivity index (χ3n) is 3.03. The van der Waals surface area contributed by atoms with Crippen LogP contribution in [0.4, 0.5) is 0 Å². The molecule has 0 radical (unpaired) electrons. The van der Waals surface area contributed by atoms with E-state index in [1.165, 1.54) is 19.7 Å². The summed E-state index contributed by atoms with van der Waals surface area (Å²) in [6.07, 6.45) is 0. The SMILES string of the molecule is N#Cc1ccc([Se]c2cccc3cccc(Br)c23)cc1. The topological polar surface area (TPSA) is 23.8 Å². The minimum absolute atomic E-state index is 0.234. The van der Waals surface area contributed by atoms with Gasteiger partial charge in [-0.3, -0.25) is 0 Å². The second-order valence-electron chi connectivity index (χ2n) is 4.33. The van der Waals surface area contributed by atoms with Crippen molar-refractivity contribution in [1.29, 1.82) is 5.26 Å². The summed E-state index contributed by atoms with van der Waals surface area (Å²) in [5.41, 5.74) is 0.712. The van der Waals surface area contributed by atoms with Crippen molar-refractivity contribution in [2.45, 2.75) is 0 Å². The summed E-state index contributed by atoms with van der Waals surface area (Å²) < 4.78 is 3.77. The fourth-order valence-electron chi connectivity index (χ4n) is 2.07. The molecular weight excluding hydrogens is 377 g/mol. The van der Waals surface area contributed by atoms with Crippen molar-refractivity contribution in [1.82, 2.24) is 0 Å². The van der Waals surface area contributed by atoms with Crippen molar-refractivity contribution in [2.75, 3.05) is 0 Å². The van der Waals surface area contributed by atoms with Gasteiger partial charge in [0.1, 0.15) is 0 Å². The third kappa shape index (κ3) is 2.64. The summed E-state index contributed by atoms with van der Waals surface area (Å²) >= 11 is 3.88. The Hall–Kier alpha value is -1.59. The molecule has 0 amide bonds. The van der Waals surface area contributed by atoms with Gasteiger partial charge in [-0.05, 0) is 0 Å². The Morgan fingerprint density at radius 1 is 0.900 bits per heavy atom. The standard InChI is InChI=1S/C17H10BrNSe/c18-15-5-1-3-13-4-2-6-16(17(13)15)20-14-9-7-12(11-19)8-10-14/h1-10H. The molecule has 0 aliphatic carbocycles. The van der Waals surface area contributed by atoms with Crippen LogP contribution in [0, 0.1) is 11.3 Å². The summed E-state index contributed by atoms with van der Waals surface area (Å²) in [4.78, 5) is 0. The molecule has 0 atom stereocenters. The second-order valence-corrected chi connectivity index (χ2v) is 7.53. The number of benzene rings is 3. The first-order valence-electron chi connectivity index (χ1n) is 6.13. The summed E-state index contributed by atoms with van der Waals surface area (Å²) in [5, 5.41) is 11.4. The van der Waals surface area contributed by atoms with Gasteiger partial charge in [0.15, 0.2) is 0 Å². The minimum atomic E-state index is 0.234. The van der Waals surface area contributed by atoms with Crippen molar-refractivity contribution in [3.05, 3.63) is 70.7 Å². The van der Waals surface area contributed by atoms with Crippen molar-refractivity contribution in [3.63, 3.8) is 0 Å². The molecule has 3 heteroatoms. The van der Waals surface area contributed by atoms with E-state index in [9.17, 15) is 0 Å². The monoisotopic (exact) mass is 387 g/mol. The van der Waals surface area contributed by atoms with Gasteiger partial charge >= 0.3 is 133 Å². The van der Waals surface area contributed by atoms with Gasteiger partial charge < -0.3 is 0 Å². The molecule has 0 aromatic heterocycles. The molecule has 3 aromatic rings. The normalized spacial score (nSPS) is 10.4. The van der Waals surface area contributed by atoms with Crippen LogP contribution in [0.1, 0.15) is 5.56 Å².